The SMILES string of the molecule is Cc1noc(C)c1-c1c(/C(N)=N/O)c2ccccc2n1-c1ccc(O)cc1.Cc1noc(C)c1-c1c(C#N)c2ccccc2n1-c1ccc(O)cc1. The summed E-state index contributed by atoms with van der Waals surface area (Å²) < 4.78 is 14.7. The predicted molar refractivity (Wildman–Crippen MR) is 197 cm³/mol. The Morgan fingerprint density at radius 2 is 1.12 bits per heavy atom. The molecular weight excluding hydrogens is 658 g/mol. The minimum absolute atomic E-state index is 0.00118. The minimum Gasteiger partial charge on any atom is -0.508 e. The van der Waals surface area contributed by atoms with Crippen molar-refractivity contribution in [3.8, 4) is 51.5 Å². The molecule has 258 valence electrons. The van der Waals surface area contributed by atoms with Gasteiger partial charge in [-0.25, -0.2) is 0 Å². The van der Waals surface area contributed by atoms with Gasteiger partial charge >= 0.3 is 0 Å². The Balaban J connectivity index is 0.000000162. The highest BCUT2D eigenvalue weighted by Crippen LogP contribution is 2.41. The van der Waals surface area contributed by atoms with E-state index in [1.807, 2.05) is 97.5 Å². The van der Waals surface area contributed by atoms with Crippen molar-refractivity contribution in [3.63, 3.8) is 0 Å². The fourth-order valence-corrected chi connectivity index (χ4v) is 6.76. The Kier molecular flexibility index (Phi) is 8.45. The number of rotatable bonds is 5. The third kappa shape index (κ3) is 5.46. The first-order valence-corrected chi connectivity index (χ1v) is 16.2. The lowest BCUT2D eigenvalue weighted by Crippen LogP contribution is -2.14. The van der Waals surface area contributed by atoms with Crippen LogP contribution < -0.4 is 5.73 Å². The number of hydrogen-bond acceptors (Lipinski definition) is 9. The predicted octanol–water partition coefficient (Wildman–Crippen LogP) is 8.18. The Morgan fingerprint density at radius 1 is 0.673 bits per heavy atom. The van der Waals surface area contributed by atoms with E-state index in [4.69, 9.17) is 14.8 Å². The number of aromatic nitrogens is 4. The number of aryl methyl sites for hydroxylation is 4. The monoisotopic (exact) mass is 691 g/mol. The third-order valence-electron chi connectivity index (χ3n) is 8.98. The van der Waals surface area contributed by atoms with Crippen molar-refractivity contribution in [1.82, 2.24) is 19.4 Å². The number of nitrogens with zero attached hydrogens (tertiary/aromatic N) is 6. The van der Waals surface area contributed by atoms with Crippen molar-refractivity contribution < 1.29 is 24.5 Å². The summed E-state index contributed by atoms with van der Waals surface area (Å²) in [6.45, 7) is 7.38. The number of fused-ring (bicyclic) bond motifs is 2. The highest BCUT2D eigenvalue weighted by molar-refractivity contribution is 6.15. The van der Waals surface area contributed by atoms with E-state index in [-0.39, 0.29) is 17.3 Å². The van der Waals surface area contributed by atoms with Crippen LogP contribution >= 0.6 is 0 Å². The van der Waals surface area contributed by atoms with Crippen LogP contribution in [0.15, 0.2) is 111 Å². The van der Waals surface area contributed by atoms with Crippen LogP contribution in [0.2, 0.25) is 0 Å². The van der Waals surface area contributed by atoms with Crippen LogP contribution in [0.1, 0.15) is 34.0 Å². The molecule has 8 aromatic rings. The van der Waals surface area contributed by atoms with Crippen molar-refractivity contribution in [2.24, 2.45) is 10.9 Å². The third-order valence-corrected chi connectivity index (χ3v) is 8.98. The Morgan fingerprint density at radius 3 is 1.58 bits per heavy atom. The smallest absolute Gasteiger partial charge is 0.172 e. The van der Waals surface area contributed by atoms with E-state index in [9.17, 15) is 20.7 Å². The van der Waals surface area contributed by atoms with Crippen LogP contribution in [0.4, 0.5) is 0 Å². The largest absolute Gasteiger partial charge is 0.508 e. The molecule has 0 atom stereocenters. The highest BCUT2D eigenvalue weighted by Gasteiger charge is 2.27. The minimum atomic E-state index is -0.00118. The fourth-order valence-electron chi connectivity index (χ4n) is 6.76. The number of hydrogen-bond donors (Lipinski definition) is 4. The molecule has 4 heterocycles. The molecule has 0 amide bonds. The van der Waals surface area contributed by atoms with Gasteiger partial charge in [-0.05, 0) is 88.4 Å². The van der Waals surface area contributed by atoms with E-state index in [0.717, 1.165) is 55.7 Å². The van der Waals surface area contributed by atoms with Gasteiger partial charge in [0.15, 0.2) is 5.84 Å². The lowest BCUT2D eigenvalue weighted by atomic mass is 10.0. The average molecular weight is 692 g/mol. The van der Waals surface area contributed by atoms with Crippen molar-refractivity contribution in [2.75, 3.05) is 0 Å². The number of aromatic hydroxyl groups is 2. The van der Waals surface area contributed by atoms with Crippen molar-refractivity contribution in [1.29, 1.82) is 5.26 Å². The maximum absolute atomic E-state index is 9.85. The maximum atomic E-state index is 9.85. The number of phenolic OH excluding ortho intramolecular Hbond substituents is 2. The first-order valence-electron chi connectivity index (χ1n) is 16.2. The summed E-state index contributed by atoms with van der Waals surface area (Å²) >= 11 is 0. The van der Waals surface area contributed by atoms with Crippen molar-refractivity contribution in [3.05, 3.63) is 131 Å². The summed E-state index contributed by atoms with van der Waals surface area (Å²) in [6.07, 6.45) is 0. The van der Waals surface area contributed by atoms with E-state index < -0.39 is 0 Å². The number of amidine groups is 1. The van der Waals surface area contributed by atoms with Gasteiger partial charge in [0, 0.05) is 22.1 Å². The van der Waals surface area contributed by atoms with Crippen LogP contribution in [0.5, 0.6) is 11.5 Å². The topological polar surface area (TPSA) is 185 Å². The Bertz CT molecular complexity index is 2630. The van der Waals surface area contributed by atoms with E-state index in [2.05, 4.69) is 21.5 Å². The van der Waals surface area contributed by atoms with Gasteiger partial charge in [0.1, 0.15) is 29.1 Å². The molecular formula is C40H33N7O5. The first-order chi connectivity index (χ1) is 25.1. The summed E-state index contributed by atoms with van der Waals surface area (Å²) in [5, 5.41) is 51.6. The molecule has 0 spiro atoms. The van der Waals surface area contributed by atoms with Crippen LogP contribution in [-0.4, -0.2) is 40.7 Å². The molecule has 12 nitrogen and oxygen atoms in total. The van der Waals surface area contributed by atoms with Crippen molar-refractivity contribution >= 4 is 27.6 Å². The van der Waals surface area contributed by atoms with E-state index >= 15 is 0 Å². The maximum Gasteiger partial charge on any atom is 0.172 e. The normalized spacial score (nSPS) is 11.5. The molecule has 52 heavy (non-hydrogen) atoms. The van der Waals surface area contributed by atoms with E-state index in [0.29, 0.717) is 34.0 Å². The molecule has 4 aromatic carbocycles. The van der Waals surface area contributed by atoms with Gasteiger partial charge in [-0.3, -0.25) is 0 Å². The zero-order chi connectivity index (χ0) is 36.7. The second-order valence-electron chi connectivity index (χ2n) is 12.2. The molecule has 0 aliphatic heterocycles. The fraction of sp³-hybridized carbons (Fsp3) is 0.100. The molecule has 0 unspecified atom stereocenters. The molecule has 0 saturated heterocycles. The molecule has 0 aliphatic carbocycles. The molecule has 0 aliphatic rings. The van der Waals surface area contributed by atoms with Gasteiger partial charge in [-0.15, -0.1) is 0 Å². The molecule has 5 N–H and O–H groups in total. The summed E-state index contributed by atoms with van der Waals surface area (Å²) in [4.78, 5) is 0. The molecule has 0 saturated carbocycles. The second-order valence-corrected chi connectivity index (χ2v) is 12.2. The second kappa shape index (κ2) is 13.2. The summed E-state index contributed by atoms with van der Waals surface area (Å²) in [6, 6.07) is 31.6. The highest BCUT2D eigenvalue weighted by atomic mass is 16.5. The van der Waals surface area contributed by atoms with Crippen LogP contribution in [-0.2, 0) is 0 Å². The molecule has 0 radical (unpaired) electrons. The van der Waals surface area contributed by atoms with E-state index in [1.54, 1.807) is 36.4 Å². The summed E-state index contributed by atoms with van der Waals surface area (Å²) in [7, 11) is 0. The van der Waals surface area contributed by atoms with Crippen LogP contribution in [0, 0.1) is 39.0 Å². The molecule has 0 bridgehead atoms. The van der Waals surface area contributed by atoms with Gasteiger partial charge in [0.25, 0.3) is 0 Å². The number of nitriles is 1. The Labute approximate surface area is 297 Å². The first kappa shape index (κ1) is 33.2. The lowest BCUT2D eigenvalue weighted by Gasteiger charge is -2.12. The average Bonchev–Trinajstić information content (AvgIpc) is 3.88. The van der Waals surface area contributed by atoms with E-state index in [1.165, 1.54) is 0 Å². The van der Waals surface area contributed by atoms with Gasteiger partial charge in [-0.1, -0.05) is 51.9 Å². The number of oxime groups is 1. The number of nitrogens with two attached hydrogens (primary N) is 1. The van der Waals surface area contributed by atoms with Gasteiger partial charge < -0.3 is 39.3 Å². The lowest BCUT2D eigenvalue weighted by molar-refractivity contribution is 0.318. The zero-order valence-electron chi connectivity index (χ0n) is 28.7. The summed E-state index contributed by atoms with van der Waals surface area (Å²) in [5.74, 6) is 1.66. The Hall–Kier alpha value is -7.26. The standard InChI is InChI=1S/C20H18N4O3.C20H15N3O2/c1-11-17(12(2)27-23-11)19-18(20(21)22-26)15-5-3-4-6-16(15)24(19)13-7-9-14(25)10-8-13;1-12-19(13(2)25-22-12)20-17(11-21)16-5-3-4-6-18(16)23(20)14-7-9-15(24)10-8-14/h3-10,25-26H,1-2H3,(H2,21,22);3-10,24H,1-2H3. The number of benzene rings is 4. The molecule has 0 fully saturated rings. The summed E-state index contributed by atoms with van der Waals surface area (Å²) in [5.41, 5.74) is 15.2. The van der Waals surface area contributed by atoms with Gasteiger partial charge in [-0.2, -0.15) is 5.26 Å². The zero-order valence-corrected chi connectivity index (χ0v) is 28.7. The van der Waals surface area contributed by atoms with Crippen LogP contribution in [0.3, 0.4) is 0 Å². The van der Waals surface area contributed by atoms with Crippen LogP contribution in [0.25, 0.3) is 55.7 Å². The van der Waals surface area contributed by atoms with Crippen molar-refractivity contribution in [2.45, 2.75) is 27.7 Å². The van der Waals surface area contributed by atoms with Gasteiger partial charge in [0.2, 0.25) is 0 Å². The number of para-hydroxylation sites is 2. The molecule has 4 aromatic heterocycles. The molecule has 12 heteroatoms. The quantitative estimate of drug-likeness (QED) is 0.0598. The number of phenols is 2. The van der Waals surface area contributed by atoms with Gasteiger partial charge in [0.05, 0.1) is 56.1 Å². The molecule has 8 rings (SSSR count).